The van der Waals surface area contributed by atoms with Crippen LogP contribution >= 0.6 is 34.7 Å². The van der Waals surface area contributed by atoms with Crippen LogP contribution in [0.5, 0.6) is 0 Å². The van der Waals surface area contributed by atoms with Crippen LogP contribution in [0.4, 0.5) is 5.69 Å². The summed E-state index contributed by atoms with van der Waals surface area (Å²) in [6.45, 7) is 3.29. The van der Waals surface area contributed by atoms with Gasteiger partial charge in [-0.25, -0.2) is 4.98 Å². The standard InChI is InChI=1S/C19H21ClN2OS2/c1-13-8-15(24-11-13)10-21-16-9-17(20)22-18-14(12-25-19(16)18)6-4-2-3-5-7-23/h8-9,12-13,23H,2-3,5,7,10-11H2,1H3,(H,21,22). The zero-order valence-corrected chi connectivity index (χ0v) is 16.5. The van der Waals surface area contributed by atoms with Crippen molar-refractivity contribution < 1.29 is 5.11 Å². The van der Waals surface area contributed by atoms with E-state index in [1.807, 2.05) is 23.2 Å². The monoisotopic (exact) mass is 392 g/mol. The number of aliphatic hydroxyl groups is 1. The van der Waals surface area contributed by atoms with Gasteiger partial charge in [0.25, 0.3) is 0 Å². The Labute approximate surface area is 161 Å². The molecule has 0 saturated heterocycles. The number of halogens is 1. The molecule has 132 valence electrons. The van der Waals surface area contributed by atoms with Crippen molar-refractivity contribution in [1.29, 1.82) is 0 Å². The van der Waals surface area contributed by atoms with E-state index in [1.54, 1.807) is 11.3 Å². The number of anilines is 1. The topological polar surface area (TPSA) is 45.2 Å². The summed E-state index contributed by atoms with van der Waals surface area (Å²) in [5.74, 6) is 8.18. The van der Waals surface area contributed by atoms with E-state index >= 15 is 0 Å². The van der Waals surface area contributed by atoms with Gasteiger partial charge in [0.1, 0.15) is 10.7 Å². The predicted molar refractivity (Wildman–Crippen MR) is 111 cm³/mol. The number of nitrogens with one attached hydrogen (secondary N) is 1. The van der Waals surface area contributed by atoms with Crippen molar-refractivity contribution in [1.82, 2.24) is 4.98 Å². The van der Waals surface area contributed by atoms with Crippen LogP contribution in [-0.4, -0.2) is 29.0 Å². The molecule has 2 aromatic rings. The summed E-state index contributed by atoms with van der Waals surface area (Å²) in [4.78, 5) is 5.86. The molecule has 0 aromatic carbocycles. The van der Waals surface area contributed by atoms with Gasteiger partial charge in [-0.05, 0) is 18.8 Å². The Morgan fingerprint density at radius 3 is 3.08 bits per heavy atom. The molecule has 1 aliphatic heterocycles. The highest BCUT2D eigenvalue weighted by molar-refractivity contribution is 8.03. The summed E-state index contributed by atoms with van der Waals surface area (Å²) >= 11 is 9.80. The van der Waals surface area contributed by atoms with Gasteiger partial charge in [-0.2, -0.15) is 0 Å². The Morgan fingerprint density at radius 2 is 2.32 bits per heavy atom. The van der Waals surface area contributed by atoms with Crippen LogP contribution in [0.15, 0.2) is 22.4 Å². The van der Waals surface area contributed by atoms with Crippen LogP contribution < -0.4 is 5.32 Å². The number of nitrogens with zero attached hydrogens (tertiary/aromatic N) is 1. The van der Waals surface area contributed by atoms with Gasteiger partial charge >= 0.3 is 0 Å². The first kappa shape index (κ1) is 18.6. The lowest BCUT2D eigenvalue weighted by atomic mass is 10.2. The summed E-state index contributed by atoms with van der Waals surface area (Å²) in [6.07, 6.45) is 4.82. The van der Waals surface area contributed by atoms with Gasteiger partial charge in [0.05, 0.1) is 16.0 Å². The lowest BCUT2D eigenvalue weighted by molar-refractivity contribution is 0.285. The highest BCUT2D eigenvalue weighted by Gasteiger charge is 2.14. The van der Waals surface area contributed by atoms with E-state index in [-0.39, 0.29) is 6.61 Å². The molecular formula is C19H21ClN2OS2. The van der Waals surface area contributed by atoms with Crippen molar-refractivity contribution in [3.05, 3.63) is 33.1 Å². The van der Waals surface area contributed by atoms with Gasteiger partial charge in [-0.3, -0.25) is 0 Å². The van der Waals surface area contributed by atoms with Crippen LogP contribution in [0.25, 0.3) is 10.2 Å². The fraction of sp³-hybridized carbons (Fsp3) is 0.421. The van der Waals surface area contributed by atoms with Gasteiger partial charge in [0, 0.05) is 41.7 Å². The molecule has 6 heteroatoms. The molecule has 0 spiro atoms. The molecule has 3 nitrogen and oxygen atoms in total. The summed E-state index contributed by atoms with van der Waals surface area (Å²) in [7, 11) is 0. The number of aromatic nitrogens is 1. The van der Waals surface area contributed by atoms with E-state index in [2.05, 4.69) is 35.1 Å². The van der Waals surface area contributed by atoms with Crippen molar-refractivity contribution >= 4 is 50.6 Å². The number of unbranched alkanes of at least 4 members (excludes halogenated alkanes) is 2. The largest absolute Gasteiger partial charge is 0.396 e. The smallest absolute Gasteiger partial charge is 0.131 e. The minimum Gasteiger partial charge on any atom is -0.396 e. The number of rotatable bonds is 6. The minimum absolute atomic E-state index is 0.225. The van der Waals surface area contributed by atoms with E-state index in [1.165, 1.54) is 10.7 Å². The van der Waals surface area contributed by atoms with E-state index in [0.717, 1.165) is 47.3 Å². The van der Waals surface area contributed by atoms with E-state index in [0.29, 0.717) is 11.1 Å². The number of fused-ring (bicyclic) bond motifs is 1. The van der Waals surface area contributed by atoms with Crippen LogP contribution in [0.1, 0.15) is 31.7 Å². The van der Waals surface area contributed by atoms with Crippen LogP contribution in [0.2, 0.25) is 5.15 Å². The normalized spacial score (nSPS) is 16.6. The van der Waals surface area contributed by atoms with Crippen LogP contribution in [0, 0.1) is 17.8 Å². The average molecular weight is 393 g/mol. The van der Waals surface area contributed by atoms with Crippen molar-refractivity contribution in [3.63, 3.8) is 0 Å². The molecule has 3 heterocycles. The molecule has 1 unspecified atom stereocenters. The molecule has 0 aliphatic carbocycles. The minimum atomic E-state index is 0.225. The summed E-state index contributed by atoms with van der Waals surface area (Å²) in [5.41, 5.74) is 2.82. The SMILES string of the molecule is CC1C=C(CNc2cc(Cl)nc3c(C#CCCCCO)csc23)SC1. The Kier molecular flexibility index (Phi) is 6.66. The van der Waals surface area contributed by atoms with E-state index in [4.69, 9.17) is 16.7 Å². The molecule has 0 radical (unpaired) electrons. The molecule has 0 saturated carbocycles. The lowest BCUT2D eigenvalue weighted by Crippen LogP contribution is -2.02. The Hall–Kier alpha value is -1.19. The summed E-state index contributed by atoms with van der Waals surface area (Å²) in [6, 6.07) is 1.89. The third kappa shape index (κ3) is 4.92. The Morgan fingerprint density at radius 1 is 1.44 bits per heavy atom. The molecule has 0 amide bonds. The quantitative estimate of drug-likeness (QED) is 0.405. The van der Waals surface area contributed by atoms with E-state index in [9.17, 15) is 0 Å². The maximum atomic E-state index is 8.81. The number of pyridine rings is 1. The van der Waals surface area contributed by atoms with Crippen molar-refractivity contribution in [3.8, 4) is 11.8 Å². The highest BCUT2D eigenvalue weighted by atomic mass is 35.5. The second-order valence-corrected chi connectivity index (χ2v) is 8.49. The van der Waals surface area contributed by atoms with E-state index < -0.39 is 0 Å². The first-order valence-corrected chi connectivity index (χ1v) is 10.7. The fourth-order valence-electron chi connectivity index (χ4n) is 2.62. The molecular weight excluding hydrogens is 372 g/mol. The van der Waals surface area contributed by atoms with Crippen LogP contribution in [0.3, 0.4) is 0 Å². The molecule has 2 aromatic heterocycles. The third-order valence-corrected chi connectivity index (χ3v) is 6.42. The number of thioether (sulfide) groups is 1. The van der Waals surface area contributed by atoms with Crippen molar-refractivity contribution in [2.24, 2.45) is 5.92 Å². The Bertz CT molecular complexity index is 835. The molecule has 0 fully saturated rings. The van der Waals surface area contributed by atoms with Gasteiger partial charge in [-0.15, -0.1) is 23.1 Å². The fourth-order valence-corrected chi connectivity index (χ4v) is 4.83. The first-order chi connectivity index (χ1) is 12.2. The number of allylic oxidation sites excluding steroid dienone is 1. The maximum Gasteiger partial charge on any atom is 0.131 e. The van der Waals surface area contributed by atoms with Gasteiger partial charge in [0.15, 0.2) is 0 Å². The zero-order valence-electron chi connectivity index (χ0n) is 14.1. The number of hydrogen-bond donors (Lipinski definition) is 2. The molecule has 1 aliphatic rings. The summed E-state index contributed by atoms with van der Waals surface area (Å²) in [5, 5.41) is 14.9. The summed E-state index contributed by atoms with van der Waals surface area (Å²) < 4.78 is 1.10. The first-order valence-electron chi connectivity index (χ1n) is 8.42. The predicted octanol–water partition coefficient (Wildman–Crippen LogP) is 5.14. The molecule has 2 N–H and O–H groups in total. The van der Waals surface area contributed by atoms with Gasteiger partial charge in [0.2, 0.25) is 0 Å². The van der Waals surface area contributed by atoms with Crippen LogP contribution in [-0.2, 0) is 0 Å². The molecule has 1 atom stereocenters. The van der Waals surface area contributed by atoms with Gasteiger partial charge < -0.3 is 10.4 Å². The zero-order chi connectivity index (χ0) is 17.6. The highest BCUT2D eigenvalue weighted by Crippen LogP contribution is 2.34. The maximum absolute atomic E-state index is 8.81. The van der Waals surface area contributed by atoms with Gasteiger partial charge in [-0.1, -0.05) is 36.4 Å². The van der Waals surface area contributed by atoms with Crippen molar-refractivity contribution in [2.45, 2.75) is 26.2 Å². The number of hydrogen-bond acceptors (Lipinski definition) is 5. The number of thiophene rings is 1. The molecule has 3 rings (SSSR count). The Balaban J connectivity index is 1.77. The third-order valence-electron chi connectivity index (χ3n) is 3.88. The molecule has 0 bridgehead atoms. The lowest BCUT2D eigenvalue weighted by Gasteiger charge is -2.08. The second kappa shape index (κ2) is 8.95. The number of aliphatic hydroxyl groups excluding tert-OH is 1. The molecule has 25 heavy (non-hydrogen) atoms. The van der Waals surface area contributed by atoms with Crippen molar-refractivity contribution in [2.75, 3.05) is 24.2 Å². The average Bonchev–Trinajstić information content (AvgIpc) is 3.19. The second-order valence-electron chi connectivity index (χ2n) is 6.08.